The maximum Gasteiger partial charge on any atom is 0.433 e. The molecule has 32 heavy (non-hydrogen) atoms. The molecular weight excluding hydrogens is 448 g/mol. The second-order valence-electron chi connectivity index (χ2n) is 6.71. The first-order valence-electron chi connectivity index (χ1n) is 8.87. The summed E-state index contributed by atoms with van der Waals surface area (Å²) in [5, 5.41) is 19.7. The van der Waals surface area contributed by atoms with Crippen molar-refractivity contribution >= 4 is 11.4 Å². The molecule has 1 fully saturated rings. The Labute approximate surface area is 176 Å². The summed E-state index contributed by atoms with van der Waals surface area (Å²) in [6.45, 7) is -0.830. The lowest BCUT2D eigenvalue weighted by Crippen LogP contribution is -2.42. The fraction of sp³-hybridized carbons (Fsp3) is 0.316. The number of nitrogens with zero attached hydrogens (tertiary/aromatic N) is 3. The van der Waals surface area contributed by atoms with Gasteiger partial charge in [-0.15, -0.1) is 0 Å². The zero-order chi connectivity index (χ0) is 23.7. The van der Waals surface area contributed by atoms with Crippen LogP contribution in [0.1, 0.15) is 11.1 Å². The predicted octanol–water partition coefficient (Wildman–Crippen LogP) is 4.66. The van der Waals surface area contributed by atoms with Crippen LogP contribution < -0.4 is 9.64 Å². The van der Waals surface area contributed by atoms with Gasteiger partial charge in [0.15, 0.2) is 0 Å². The Morgan fingerprint density at radius 2 is 1.81 bits per heavy atom. The fourth-order valence-corrected chi connectivity index (χ4v) is 3.10. The Balaban J connectivity index is 1.84. The summed E-state index contributed by atoms with van der Waals surface area (Å²) in [6, 6.07) is 9.23. The van der Waals surface area contributed by atoms with E-state index in [2.05, 4.69) is 0 Å². The third kappa shape index (κ3) is 5.02. The predicted molar refractivity (Wildman–Crippen MR) is 96.8 cm³/mol. The smallest absolute Gasteiger partial charge is 0.433 e. The van der Waals surface area contributed by atoms with Gasteiger partial charge in [0.1, 0.15) is 24.0 Å². The minimum absolute atomic E-state index is 0.254. The number of anilines is 1. The largest absolute Gasteiger partial charge is 0.491 e. The van der Waals surface area contributed by atoms with Crippen molar-refractivity contribution in [1.82, 2.24) is 0 Å². The van der Waals surface area contributed by atoms with E-state index in [0.717, 1.165) is 6.07 Å². The van der Waals surface area contributed by atoms with Gasteiger partial charge in [0.25, 0.3) is 5.69 Å². The van der Waals surface area contributed by atoms with Gasteiger partial charge in [-0.3, -0.25) is 10.1 Å². The van der Waals surface area contributed by atoms with Crippen LogP contribution >= 0.6 is 0 Å². The Kier molecular flexibility index (Phi) is 6.18. The third-order valence-corrected chi connectivity index (χ3v) is 4.52. The van der Waals surface area contributed by atoms with Crippen molar-refractivity contribution in [2.75, 3.05) is 18.1 Å². The number of benzene rings is 2. The number of hydrogen-bond acceptors (Lipinski definition) is 6. The monoisotopic (exact) mass is 461 g/mol. The molecule has 0 saturated carbocycles. The van der Waals surface area contributed by atoms with E-state index in [1.807, 2.05) is 6.07 Å². The molecule has 1 aliphatic rings. The van der Waals surface area contributed by atoms with E-state index in [1.165, 1.54) is 24.3 Å². The highest BCUT2D eigenvalue weighted by molar-refractivity contribution is 5.57. The quantitative estimate of drug-likeness (QED) is 0.366. The Morgan fingerprint density at radius 3 is 2.34 bits per heavy atom. The second-order valence-corrected chi connectivity index (χ2v) is 6.71. The standard InChI is InChI=1S/C19H13F6N3O4/c20-18(21,22)15-7-12(3-6-16(15)28(29)30)27-9-14(32-17(27)19(23,24)25)10-31-13-4-1-11(8-26)2-5-13/h1-7,14,17H,9-10H2/t14-,17-/m0/s1. The van der Waals surface area contributed by atoms with Crippen molar-refractivity contribution in [3.05, 3.63) is 63.7 Å². The van der Waals surface area contributed by atoms with Gasteiger partial charge in [-0.1, -0.05) is 0 Å². The summed E-state index contributed by atoms with van der Waals surface area (Å²) >= 11 is 0. The molecule has 7 nitrogen and oxygen atoms in total. The Hall–Kier alpha value is -3.53. The molecule has 1 saturated heterocycles. The molecule has 3 rings (SSSR count). The SMILES string of the molecule is N#Cc1ccc(OC[C@@H]2CN(c3ccc([N+](=O)[O-])c(C(F)(F)F)c3)[C@H](C(F)(F)F)O2)cc1. The van der Waals surface area contributed by atoms with E-state index in [4.69, 9.17) is 14.7 Å². The molecule has 0 N–H and O–H groups in total. The highest BCUT2D eigenvalue weighted by atomic mass is 19.4. The molecule has 0 radical (unpaired) electrons. The molecule has 2 aromatic carbocycles. The van der Waals surface area contributed by atoms with Crippen molar-refractivity contribution in [2.24, 2.45) is 0 Å². The minimum atomic E-state index is -5.15. The van der Waals surface area contributed by atoms with E-state index < -0.39 is 53.1 Å². The molecule has 1 heterocycles. The normalized spacial score (nSPS) is 19.0. The van der Waals surface area contributed by atoms with Crippen LogP contribution in [0.15, 0.2) is 42.5 Å². The molecule has 0 amide bonds. The molecule has 0 aromatic heterocycles. The number of halogens is 6. The first-order chi connectivity index (χ1) is 14.9. The van der Waals surface area contributed by atoms with E-state index in [1.54, 1.807) is 0 Å². The zero-order valence-electron chi connectivity index (χ0n) is 15.9. The molecule has 2 atom stereocenters. The lowest BCUT2D eigenvalue weighted by atomic mass is 10.1. The van der Waals surface area contributed by atoms with Crippen molar-refractivity contribution in [2.45, 2.75) is 24.7 Å². The van der Waals surface area contributed by atoms with Crippen LogP contribution in [0.4, 0.5) is 37.7 Å². The van der Waals surface area contributed by atoms with Crippen LogP contribution in [-0.4, -0.2) is 36.6 Å². The minimum Gasteiger partial charge on any atom is -0.491 e. The van der Waals surface area contributed by atoms with Crippen LogP contribution in [0, 0.1) is 21.4 Å². The van der Waals surface area contributed by atoms with E-state index in [9.17, 15) is 36.5 Å². The first kappa shape index (κ1) is 23.1. The summed E-state index contributed by atoms with van der Waals surface area (Å²) in [4.78, 5) is 10.2. The molecule has 0 aliphatic carbocycles. The Bertz CT molecular complexity index is 1030. The second kappa shape index (κ2) is 8.54. The molecular formula is C19H13F6N3O4. The van der Waals surface area contributed by atoms with Crippen LogP contribution in [0.5, 0.6) is 5.75 Å². The summed E-state index contributed by atoms with van der Waals surface area (Å²) in [7, 11) is 0. The van der Waals surface area contributed by atoms with Gasteiger partial charge in [-0.25, -0.2) is 0 Å². The lowest BCUT2D eigenvalue weighted by molar-refractivity contribution is -0.388. The number of ether oxygens (including phenoxy) is 2. The highest BCUT2D eigenvalue weighted by Gasteiger charge is 2.51. The van der Waals surface area contributed by atoms with Crippen molar-refractivity contribution in [3.8, 4) is 11.8 Å². The topological polar surface area (TPSA) is 88.6 Å². The van der Waals surface area contributed by atoms with Crippen LogP contribution in [0.2, 0.25) is 0 Å². The van der Waals surface area contributed by atoms with Gasteiger partial charge in [0, 0.05) is 11.8 Å². The van der Waals surface area contributed by atoms with Crippen molar-refractivity contribution in [3.63, 3.8) is 0 Å². The lowest BCUT2D eigenvalue weighted by Gasteiger charge is -2.27. The molecule has 1 aliphatic heterocycles. The van der Waals surface area contributed by atoms with Gasteiger partial charge in [-0.05, 0) is 36.4 Å². The average Bonchev–Trinajstić information content (AvgIpc) is 3.16. The molecule has 2 aromatic rings. The molecule has 0 bridgehead atoms. The molecule has 0 unspecified atom stereocenters. The first-order valence-corrected chi connectivity index (χ1v) is 8.87. The number of rotatable bonds is 5. The van der Waals surface area contributed by atoms with Gasteiger partial charge in [0.2, 0.25) is 6.23 Å². The van der Waals surface area contributed by atoms with Gasteiger partial charge in [0.05, 0.1) is 23.1 Å². The summed E-state index contributed by atoms with van der Waals surface area (Å²) in [5.41, 5.74) is -3.13. The molecule has 0 spiro atoms. The Morgan fingerprint density at radius 1 is 1.16 bits per heavy atom. The van der Waals surface area contributed by atoms with Crippen LogP contribution in [-0.2, 0) is 10.9 Å². The van der Waals surface area contributed by atoms with E-state index >= 15 is 0 Å². The number of hydrogen-bond donors (Lipinski definition) is 0. The van der Waals surface area contributed by atoms with E-state index in [-0.39, 0.29) is 12.4 Å². The average molecular weight is 461 g/mol. The maximum atomic E-state index is 13.5. The van der Waals surface area contributed by atoms with Crippen molar-refractivity contribution in [1.29, 1.82) is 5.26 Å². The highest BCUT2D eigenvalue weighted by Crippen LogP contribution is 2.41. The summed E-state index contributed by atoms with van der Waals surface area (Å²) < 4.78 is 90.5. The third-order valence-electron chi connectivity index (χ3n) is 4.52. The molecule has 170 valence electrons. The number of nitro benzene ring substituents is 1. The summed E-state index contributed by atoms with van der Waals surface area (Å²) in [6.07, 6.45) is -13.8. The number of nitro groups is 1. The van der Waals surface area contributed by atoms with E-state index in [0.29, 0.717) is 22.6 Å². The van der Waals surface area contributed by atoms with Crippen LogP contribution in [0.3, 0.4) is 0 Å². The van der Waals surface area contributed by atoms with Crippen LogP contribution in [0.25, 0.3) is 0 Å². The molecule has 13 heteroatoms. The van der Waals surface area contributed by atoms with Gasteiger partial charge >= 0.3 is 12.4 Å². The number of nitriles is 1. The summed E-state index contributed by atoms with van der Waals surface area (Å²) in [5.74, 6) is 0.254. The van der Waals surface area contributed by atoms with Gasteiger partial charge < -0.3 is 14.4 Å². The number of alkyl halides is 6. The fourth-order valence-electron chi connectivity index (χ4n) is 3.10. The zero-order valence-corrected chi connectivity index (χ0v) is 15.9. The maximum absolute atomic E-state index is 13.5. The van der Waals surface area contributed by atoms with Gasteiger partial charge in [-0.2, -0.15) is 31.6 Å². The van der Waals surface area contributed by atoms with Crippen molar-refractivity contribution < 1.29 is 40.7 Å².